The third kappa shape index (κ3) is 7.04. The zero-order chi connectivity index (χ0) is 38.5. The molecule has 2 aromatic carbocycles. The highest BCUT2D eigenvalue weighted by Crippen LogP contribution is 2.43. The predicted molar refractivity (Wildman–Crippen MR) is 229 cm³/mol. The minimum Gasteiger partial charge on any atom is -0.493 e. The molecule has 0 radical (unpaired) electrons. The van der Waals surface area contributed by atoms with E-state index in [0.29, 0.717) is 57.5 Å². The molecule has 0 unspecified atom stereocenters. The molecule has 5 aromatic rings. The summed E-state index contributed by atoms with van der Waals surface area (Å²) >= 11 is 4.56. The molecule has 8 bridgehead atoms. The fourth-order valence-corrected chi connectivity index (χ4v) is 8.14. The molecule has 2 aliphatic rings. The number of hydrogen-bond donors (Lipinski definition) is 2. The first kappa shape index (κ1) is 38.1. The van der Waals surface area contributed by atoms with Gasteiger partial charge in [-0.3, -0.25) is 9.97 Å². The topological polar surface area (TPSA) is 119 Å². The first-order chi connectivity index (χ1) is 25.7. The summed E-state index contributed by atoms with van der Waals surface area (Å²) < 4.78 is 19.8. The van der Waals surface area contributed by atoms with Gasteiger partial charge in [0, 0.05) is 70.1 Å². The lowest BCUT2D eigenvalue weighted by molar-refractivity contribution is 0.0520. The van der Waals surface area contributed by atoms with E-state index in [-0.39, 0.29) is 18.6 Å². The zero-order valence-electron chi connectivity index (χ0n) is 31.4. The number of aromatic amines is 2. The average Bonchev–Trinajstić information content (AvgIpc) is 3.82. The number of benzene rings is 2. The van der Waals surface area contributed by atoms with Crippen molar-refractivity contribution in [2.45, 2.75) is 65.2 Å². The third-order valence-corrected chi connectivity index (χ3v) is 11.5. The fourth-order valence-electron chi connectivity index (χ4n) is 7.42. The van der Waals surface area contributed by atoms with Gasteiger partial charge in [0.1, 0.15) is 0 Å². The van der Waals surface area contributed by atoms with Gasteiger partial charge in [-0.2, -0.15) is 0 Å². The van der Waals surface area contributed by atoms with Crippen molar-refractivity contribution >= 4 is 79.2 Å². The van der Waals surface area contributed by atoms with Crippen LogP contribution in [-0.2, 0) is 33.1 Å². The minimum atomic E-state index is -0.460. The number of halogens is 2. The van der Waals surface area contributed by atoms with Crippen LogP contribution in [0.3, 0.4) is 0 Å². The van der Waals surface area contributed by atoms with E-state index >= 15 is 0 Å². The summed E-state index contributed by atoms with van der Waals surface area (Å²) in [4.78, 5) is 45.6. The molecule has 0 amide bonds. The normalized spacial score (nSPS) is 14.5. The summed E-state index contributed by atoms with van der Waals surface area (Å²) in [5.41, 5.74) is 8.79. The molecular formula is C43H42I2N4O5. The fraction of sp³-hybridized carbons (Fsp3) is 0.302. The SMILES string of the molecule is CCOC(=O)c1c(-c2ccc(I)cc2)c2cc3nc(c(OC)c4[nH]c(cc5nc(cc1[nH]2)CC5(C)C)c(-c1ccc(I)cc1)c4C(=O)OCC)CC3(C)C. The largest absolute Gasteiger partial charge is 0.493 e. The number of ether oxygens (including phenoxy) is 3. The summed E-state index contributed by atoms with van der Waals surface area (Å²) in [6.45, 7) is 12.6. The van der Waals surface area contributed by atoms with Crippen molar-refractivity contribution in [3.63, 3.8) is 0 Å². The number of H-pyrrole nitrogens is 2. The van der Waals surface area contributed by atoms with Crippen LogP contribution in [0.25, 0.3) is 44.3 Å². The van der Waals surface area contributed by atoms with Crippen LogP contribution in [0.2, 0.25) is 0 Å². The van der Waals surface area contributed by atoms with Crippen LogP contribution in [0.4, 0.5) is 0 Å². The van der Waals surface area contributed by atoms with E-state index in [1.807, 2.05) is 73.7 Å². The first-order valence-electron chi connectivity index (χ1n) is 18.0. The lowest BCUT2D eigenvalue weighted by Crippen LogP contribution is -2.15. The van der Waals surface area contributed by atoms with Gasteiger partial charge in [0.25, 0.3) is 0 Å². The smallest absolute Gasteiger partial charge is 0.341 e. The molecule has 11 heteroatoms. The van der Waals surface area contributed by atoms with E-state index in [1.54, 1.807) is 14.0 Å². The first-order valence-corrected chi connectivity index (χ1v) is 20.1. The van der Waals surface area contributed by atoms with Crippen LogP contribution >= 0.6 is 45.2 Å². The highest BCUT2D eigenvalue weighted by molar-refractivity contribution is 14.1. The third-order valence-electron chi connectivity index (χ3n) is 10.0. The number of nitrogens with one attached hydrogen (secondary N) is 2. The second-order valence-corrected chi connectivity index (χ2v) is 17.3. The number of esters is 2. The van der Waals surface area contributed by atoms with Crippen LogP contribution in [0.5, 0.6) is 5.75 Å². The molecule has 5 heterocycles. The van der Waals surface area contributed by atoms with Gasteiger partial charge in [-0.1, -0.05) is 52.0 Å². The number of nitrogens with zero attached hydrogens (tertiary/aromatic N) is 2. The van der Waals surface area contributed by atoms with Crippen LogP contribution in [-0.4, -0.2) is 52.2 Å². The Kier molecular flexibility index (Phi) is 10.4. The van der Waals surface area contributed by atoms with E-state index in [1.165, 1.54) is 0 Å². The Hall–Kier alpha value is -4.24. The van der Waals surface area contributed by atoms with Gasteiger partial charge in [0.2, 0.25) is 0 Å². The summed E-state index contributed by atoms with van der Waals surface area (Å²) in [6.07, 6.45) is 1.14. The Morgan fingerprint density at radius 2 is 1.19 bits per heavy atom. The van der Waals surface area contributed by atoms with E-state index < -0.39 is 17.4 Å². The van der Waals surface area contributed by atoms with Gasteiger partial charge in [-0.15, -0.1) is 0 Å². The number of methoxy groups -OCH3 is 1. The van der Waals surface area contributed by atoms with Gasteiger partial charge in [0.15, 0.2) is 5.75 Å². The second-order valence-electron chi connectivity index (χ2n) is 14.8. The van der Waals surface area contributed by atoms with Crippen LogP contribution in [0, 0.1) is 7.14 Å². The maximum absolute atomic E-state index is 14.1. The molecule has 2 N–H and O–H groups in total. The number of aromatic nitrogens is 4. The van der Waals surface area contributed by atoms with Crippen molar-refractivity contribution in [2.24, 2.45) is 0 Å². The van der Waals surface area contributed by atoms with Crippen molar-refractivity contribution in [1.29, 1.82) is 0 Å². The number of carbonyl (C=O) groups is 2. The average molecular weight is 949 g/mol. The van der Waals surface area contributed by atoms with Gasteiger partial charge >= 0.3 is 11.9 Å². The molecule has 3 aromatic heterocycles. The van der Waals surface area contributed by atoms with Crippen molar-refractivity contribution in [3.05, 3.63) is 108 Å². The Bertz CT molecular complexity index is 2460. The van der Waals surface area contributed by atoms with Crippen molar-refractivity contribution in [3.8, 4) is 28.0 Å². The summed E-state index contributed by atoms with van der Waals surface area (Å²) in [6, 6.07) is 22.2. The molecule has 9 nitrogen and oxygen atoms in total. The van der Waals surface area contributed by atoms with Crippen LogP contribution in [0.15, 0.2) is 66.7 Å². The molecule has 0 atom stereocenters. The van der Waals surface area contributed by atoms with E-state index in [9.17, 15) is 9.59 Å². The number of rotatable bonds is 7. The summed E-state index contributed by atoms with van der Waals surface area (Å²) in [7, 11) is 1.60. The van der Waals surface area contributed by atoms with E-state index in [2.05, 4.69) is 82.8 Å². The molecule has 0 spiro atoms. The number of hydrogen-bond acceptors (Lipinski definition) is 7. The lowest BCUT2D eigenvalue weighted by atomic mass is 9.86. The van der Waals surface area contributed by atoms with Gasteiger partial charge in [0.05, 0.1) is 48.2 Å². The molecule has 0 saturated carbocycles. The Morgan fingerprint density at radius 1 is 0.685 bits per heavy atom. The molecule has 0 saturated heterocycles. The molecule has 0 aliphatic carbocycles. The Labute approximate surface area is 342 Å². The predicted octanol–water partition coefficient (Wildman–Crippen LogP) is 10.3. The van der Waals surface area contributed by atoms with Crippen molar-refractivity contribution in [1.82, 2.24) is 19.9 Å². The zero-order valence-corrected chi connectivity index (χ0v) is 35.7. The molecule has 7 rings (SSSR count). The number of carbonyl (C=O) groups excluding carboxylic acids is 2. The van der Waals surface area contributed by atoms with E-state index in [0.717, 1.165) is 46.4 Å². The van der Waals surface area contributed by atoms with Gasteiger partial charge < -0.3 is 24.2 Å². The second kappa shape index (κ2) is 14.8. The standard InChI is InChI=1S/C43H42I2N4O5/c1-8-53-40(50)36-28-18-27-21-42(3,4)32(46-27)20-30-35(24-12-16-26(45)17-13-24)37(41(51)54-9-2)38(49-30)39(52-7)31-22-43(5,6)33(48-31)19-29(47-28)34(36)23-10-14-25(44)15-11-23/h10-20,47,49H,8-9,21-22H2,1-7H3. The monoisotopic (exact) mass is 948 g/mol. The minimum absolute atomic E-state index is 0.209. The maximum atomic E-state index is 14.1. The highest BCUT2D eigenvalue weighted by Gasteiger charge is 2.35. The number of fused-ring (bicyclic) bond motifs is 8. The molecule has 2 aliphatic heterocycles. The van der Waals surface area contributed by atoms with Gasteiger partial charge in [-0.25, -0.2) is 9.59 Å². The van der Waals surface area contributed by atoms with Crippen molar-refractivity contribution < 1.29 is 23.8 Å². The van der Waals surface area contributed by atoms with Crippen LogP contribution in [0.1, 0.15) is 85.0 Å². The molecule has 278 valence electrons. The Balaban J connectivity index is 1.71. The summed E-state index contributed by atoms with van der Waals surface area (Å²) in [5, 5.41) is 0. The van der Waals surface area contributed by atoms with Gasteiger partial charge in [-0.05, 0) is 113 Å². The lowest BCUT2D eigenvalue weighted by Gasteiger charge is -2.16. The maximum Gasteiger partial charge on any atom is 0.341 e. The summed E-state index contributed by atoms with van der Waals surface area (Å²) in [5.74, 6) is -0.418. The Morgan fingerprint density at radius 3 is 1.74 bits per heavy atom. The molecular weight excluding hydrogens is 906 g/mol. The molecule has 0 fully saturated rings. The molecule has 54 heavy (non-hydrogen) atoms. The van der Waals surface area contributed by atoms with Crippen LogP contribution < -0.4 is 4.74 Å². The highest BCUT2D eigenvalue weighted by atomic mass is 127. The van der Waals surface area contributed by atoms with E-state index in [4.69, 9.17) is 24.2 Å². The van der Waals surface area contributed by atoms with Crippen molar-refractivity contribution in [2.75, 3.05) is 20.3 Å². The quantitative estimate of drug-likeness (QED) is 0.123.